The Balaban J connectivity index is 0.000000220. The van der Waals surface area contributed by atoms with Gasteiger partial charge in [-0.2, -0.15) is 0 Å². The van der Waals surface area contributed by atoms with Crippen LogP contribution in [0.5, 0.6) is 0 Å². The summed E-state index contributed by atoms with van der Waals surface area (Å²) in [6.07, 6.45) is 8.50. The summed E-state index contributed by atoms with van der Waals surface area (Å²) >= 11 is 0. The highest BCUT2D eigenvalue weighted by Gasteiger charge is 2.30. The number of ether oxygens (including phenoxy) is 3. The van der Waals surface area contributed by atoms with E-state index < -0.39 is 17.7 Å². The fourth-order valence-electron chi connectivity index (χ4n) is 3.94. The molecule has 0 spiro atoms. The van der Waals surface area contributed by atoms with E-state index in [1.54, 1.807) is 42.4 Å². The van der Waals surface area contributed by atoms with Gasteiger partial charge in [0.05, 0.1) is 24.4 Å². The second-order valence-corrected chi connectivity index (χ2v) is 9.35. The standard InChI is InChI=1S/C16H22N2O4.C11H12N2O2/c1-6-21-14(19)13-11-8-7-9-18(12(11)10-17(13)5)15(20)22-16(2,3)4;1-3-15-11(14)10-8-5-4-6-12-9(8)7-13(10)2/h7-8,10H,6,9H2,1-5H3;4-7H,3H2,1-2H3. The molecule has 10 heteroatoms. The zero-order valence-electron chi connectivity index (χ0n) is 22.4. The van der Waals surface area contributed by atoms with Crippen molar-refractivity contribution >= 4 is 40.7 Å². The van der Waals surface area contributed by atoms with Crippen LogP contribution >= 0.6 is 0 Å². The molecule has 0 aliphatic carbocycles. The number of aryl methyl sites for hydroxylation is 2. The predicted octanol–water partition coefficient (Wildman–Crippen LogP) is 4.72. The monoisotopic (exact) mass is 510 g/mol. The summed E-state index contributed by atoms with van der Waals surface area (Å²) in [4.78, 5) is 41.8. The normalized spacial score (nSPS) is 12.5. The number of pyridine rings is 1. The van der Waals surface area contributed by atoms with E-state index in [1.807, 2.05) is 58.3 Å². The minimum atomic E-state index is -0.572. The number of hydrogen-bond acceptors (Lipinski definition) is 7. The summed E-state index contributed by atoms with van der Waals surface area (Å²) in [5.74, 6) is -0.704. The molecule has 0 saturated heterocycles. The van der Waals surface area contributed by atoms with Gasteiger partial charge in [0.15, 0.2) is 0 Å². The topological polar surface area (TPSA) is 105 Å². The van der Waals surface area contributed by atoms with Crippen LogP contribution in [0.3, 0.4) is 0 Å². The predicted molar refractivity (Wildman–Crippen MR) is 141 cm³/mol. The molecule has 1 amide bonds. The second-order valence-electron chi connectivity index (χ2n) is 9.35. The van der Waals surface area contributed by atoms with E-state index in [1.165, 1.54) is 4.90 Å². The molecular weight excluding hydrogens is 476 g/mol. The molecule has 1 aliphatic heterocycles. The van der Waals surface area contributed by atoms with Crippen LogP contribution in [0.2, 0.25) is 0 Å². The molecule has 0 radical (unpaired) electrons. The summed E-state index contributed by atoms with van der Waals surface area (Å²) < 4.78 is 18.9. The summed E-state index contributed by atoms with van der Waals surface area (Å²) in [6, 6.07) is 3.68. The van der Waals surface area contributed by atoms with Crippen LogP contribution in [0.4, 0.5) is 10.5 Å². The average molecular weight is 511 g/mol. The van der Waals surface area contributed by atoms with Gasteiger partial charge in [-0.1, -0.05) is 12.2 Å². The molecule has 37 heavy (non-hydrogen) atoms. The lowest BCUT2D eigenvalue weighted by Gasteiger charge is -2.28. The SMILES string of the molecule is CCOC(=O)c1c2c(cn1C)N(C(=O)OC(C)(C)C)CC=C2.CCOC(=O)c1c2cccnc2cn1C. The summed E-state index contributed by atoms with van der Waals surface area (Å²) in [5, 5.41) is 0.832. The number of nitrogens with zero attached hydrogens (tertiary/aromatic N) is 4. The minimum absolute atomic E-state index is 0.303. The Morgan fingerprint density at radius 3 is 2.22 bits per heavy atom. The summed E-state index contributed by atoms with van der Waals surface area (Å²) in [5.41, 5.74) is 2.56. The Kier molecular flexibility index (Phi) is 8.42. The Morgan fingerprint density at radius 1 is 0.973 bits per heavy atom. The van der Waals surface area contributed by atoms with Gasteiger partial charge in [-0.15, -0.1) is 0 Å². The maximum absolute atomic E-state index is 12.3. The van der Waals surface area contributed by atoms with Crippen LogP contribution in [0.15, 0.2) is 36.8 Å². The maximum Gasteiger partial charge on any atom is 0.415 e. The Morgan fingerprint density at radius 2 is 1.59 bits per heavy atom. The van der Waals surface area contributed by atoms with E-state index in [9.17, 15) is 14.4 Å². The van der Waals surface area contributed by atoms with Gasteiger partial charge in [0.2, 0.25) is 0 Å². The Bertz CT molecular complexity index is 1330. The molecule has 1 aliphatic rings. The van der Waals surface area contributed by atoms with E-state index in [0.29, 0.717) is 42.4 Å². The number of aromatic nitrogens is 3. The fraction of sp³-hybridized carbons (Fsp3) is 0.407. The van der Waals surface area contributed by atoms with Crippen LogP contribution in [0, 0.1) is 0 Å². The number of rotatable bonds is 4. The molecule has 3 aromatic rings. The zero-order chi connectivity index (χ0) is 27.3. The lowest BCUT2D eigenvalue weighted by atomic mass is 10.1. The first-order chi connectivity index (χ1) is 17.5. The van der Waals surface area contributed by atoms with Gasteiger partial charge in [0.25, 0.3) is 0 Å². The first-order valence-corrected chi connectivity index (χ1v) is 12.1. The first kappa shape index (κ1) is 27.5. The third kappa shape index (κ3) is 6.19. The van der Waals surface area contributed by atoms with Crippen LogP contribution < -0.4 is 4.90 Å². The molecule has 4 rings (SSSR count). The van der Waals surface area contributed by atoms with Crippen molar-refractivity contribution in [2.75, 3.05) is 24.7 Å². The van der Waals surface area contributed by atoms with Crippen molar-refractivity contribution in [3.8, 4) is 0 Å². The van der Waals surface area contributed by atoms with E-state index >= 15 is 0 Å². The van der Waals surface area contributed by atoms with E-state index in [0.717, 1.165) is 10.9 Å². The van der Waals surface area contributed by atoms with E-state index in [4.69, 9.17) is 14.2 Å². The van der Waals surface area contributed by atoms with Crippen molar-refractivity contribution in [1.29, 1.82) is 0 Å². The van der Waals surface area contributed by atoms with Crippen molar-refractivity contribution in [3.05, 3.63) is 53.8 Å². The van der Waals surface area contributed by atoms with Gasteiger partial charge < -0.3 is 23.3 Å². The van der Waals surface area contributed by atoms with Crippen molar-refractivity contribution < 1.29 is 28.6 Å². The van der Waals surface area contributed by atoms with Gasteiger partial charge in [-0.3, -0.25) is 9.88 Å². The molecule has 198 valence electrons. The number of fused-ring (bicyclic) bond motifs is 2. The average Bonchev–Trinajstić information content (AvgIpc) is 3.33. The van der Waals surface area contributed by atoms with Gasteiger partial charge >= 0.3 is 18.0 Å². The molecule has 10 nitrogen and oxygen atoms in total. The quantitative estimate of drug-likeness (QED) is 0.369. The Labute approximate surface area is 216 Å². The van der Waals surface area contributed by atoms with E-state index in [2.05, 4.69) is 4.98 Å². The third-order valence-electron chi connectivity index (χ3n) is 5.38. The first-order valence-electron chi connectivity index (χ1n) is 12.1. The summed E-state index contributed by atoms with van der Waals surface area (Å²) in [6.45, 7) is 10.1. The van der Waals surface area contributed by atoms with Crippen molar-refractivity contribution in [1.82, 2.24) is 14.1 Å². The lowest BCUT2D eigenvalue weighted by Crippen LogP contribution is -2.38. The smallest absolute Gasteiger partial charge is 0.415 e. The van der Waals surface area contributed by atoms with Crippen molar-refractivity contribution in [2.45, 2.75) is 40.2 Å². The van der Waals surface area contributed by atoms with Crippen LogP contribution in [0.25, 0.3) is 17.0 Å². The highest BCUT2D eigenvalue weighted by Crippen LogP contribution is 2.32. The zero-order valence-corrected chi connectivity index (χ0v) is 22.4. The number of anilines is 1. The number of carbonyl (C=O) groups excluding carboxylic acids is 3. The molecule has 0 bridgehead atoms. The summed E-state index contributed by atoms with van der Waals surface area (Å²) in [7, 11) is 3.57. The molecule has 4 heterocycles. The second kappa shape index (κ2) is 11.3. The van der Waals surface area contributed by atoms with Gasteiger partial charge in [-0.25, -0.2) is 14.4 Å². The fourth-order valence-corrected chi connectivity index (χ4v) is 3.94. The minimum Gasteiger partial charge on any atom is -0.461 e. The number of hydrogen-bond donors (Lipinski definition) is 0. The number of esters is 2. The molecule has 3 aromatic heterocycles. The van der Waals surface area contributed by atoms with Crippen LogP contribution in [-0.2, 0) is 28.3 Å². The Hall–Kier alpha value is -4.08. The molecule has 0 aromatic carbocycles. The highest BCUT2D eigenvalue weighted by atomic mass is 16.6. The van der Waals surface area contributed by atoms with E-state index in [-0.39, 0.29) is 5.97 Å². The molecular formula is C27H34N4O6. The van der Waals surface area contributed by atoms with Crippen LogP contribution in [0.1, 0.15) is 61.2 Å². The van der Waals surface area contributed by atoms with Gasteiger partial charge in [-0.05, 0) is 46.8 Å². The van der Waals surface area contributed by atoms with Crippen LogP contribution in [-0.4, -0.2) is 57.5 Å². The number of amides is 1. The van der Waals surface area contributed by atoms with Gasteiger partial charge in [0, 0.05) is 50.2 Å². The molecule has 0 fully saturated rings. The molecule has 0 unspecified atom stereocenters. The molecule has 0 atom stereocenters. The highest BCUT2D eigenvalue weighted by molar-refractivity contribution is 6.03. The largest absolute Gasteiger partial charge is 0.461 e. The molecule has 0 saturated carbocycles. The molecule has 0 N–H and O–H groups in total. The lowest BCUT2D eigenvalue weighted by molar-refractivity contribution is 0.0506. The maximum atomic E-state index is 12.3. The third-order valence-corrected chi connectivity index (χ3v) is 5.38. The van der Waals surface area contributed by atoms with Gasteiger partial charge in [0.1, 0.15) is 17.0 Å². The van der Waals surface area contributed by atoms with Crippen molar-refractivity contribution in [2.24, 2.45) is 14.1 Å². The van der Waals surface area contributed by atoms with Crippen molar-refractivity contribution in [3.63, 3.8) is 0 Å². The number of carbonyl (C=O) groups is 3.